The Balaban J connectivity index is 2.53. The van der Waals surface area contributed by atoms with Gasteiger partial charge < -0.3 is 14.7 Å². The van der Waals surface area contributed by atoms with Gasteiger partial charge in [-0.3, -0.25) is 4.79 Å². The molecule has 1 saturated carbocycles. The minimum absolute atomic E-state index is 0.120. The quantitative estimate of drug-likeness (QED) is 0.732. The smallest absolute Gasteiger partial charge is 0.152 e. The van der Waals surface area contributed by atoms with Crippen LogP contribution < -0.4 is 0 Å². The molecule has 1 aliphatic rings. The van der Waals surface area contributed by atoms with E-state index < -0.39 is 6.10 Å². The van der Waals surface area contributed by atoms with E-state index in [9.17, 15) is 9.90 Å². The topological polar surface area (TPSA) is 49.8 Å². The summed E-state index contributed by atoms with van der Waals surface area (Å²) >= 11 is 0. The summed E-state index contributed by atoms with van der Waals surface area (Å²) in [5.74, 6) is -0.125. The third-order valence-electron chi connectivity index (χ3n) is 2.98. The van der Waals surface area contributed by atoms with Crippen molar-refractivity contribution in [2.75, 3.05) is 27.7 Å². The third kappa shape index (κ3) is 3.55. The van der Waals surface area contributed by atoms with Gasteiger partial charge in [0.15, 0.2) is 5.78 Å². The van der Waals surface area contributed by atoms with E-state index in [0.29, 0.717) is 19.4 Å². The maximum Gasteiger partial charge on any atom is 0.152 e. The number of nitrogens with zero attached hydrogens (tertiary/aromatic N) is 1. The second-order valence-electron chi connectivity index (χ2n) is 4.55. The van der Waals surface area contributed by atoms with E-state index in [-0.39, 0.29) is 17.8 Å². The summed E-state index contributed by atoms with van der Waals surface area (Å²) in [6.07, 6.45) is 1.82. The number of Topliss-reactive ketones (excluding diaryl/α,β-unsaturated/α-hetero) is 1. The first-order valence-electron chi connectivity index (χ1n) is 5.43. The molecule has 0 unspecified atom stereocenters. The molecule has 0 bridgehead atoms. The van der Waals surface area contributed by atoms with Gasteiger partial charge in [0.1, 0.15) is 0 Å². The van der Waals surface area contributed by atoms with Crippen molar-refractivity contribution in [1.82, 2.24) is 4.90 Å². The molecule has 0 aromatic heterocycles. The predicted octanol–water partition coefficient (Wildman–Crippen LogP) is 0.293. The highest BCUT2D eigenvalue weighted by Crippen LogP contribution is 2.27. The second-order valence-corrected chi connectivity index (χ2v) is 4.55. The Kier molecular flexibility index (Phi) is 4.70. The molecule has 4 nitrogen and oxygen atoms in total. The highest BCUT2D eigenvalue weighted by Gasteiger charge is 2.33. The Morgan fingerprint density at radius 2 is 2.13 bits per heavy atom. The summed E-state index contributed by atoms with van der Waals surface area (Å²) in [6.45, 7) is 0.401. The number of likely N-dealkylation sites (N-methyl/N-ethyl adjacent to an activating group) is 1. The van der Waals surface area contributed by atoms with Gasteiger partial charge in [-0.15, -0.1) is 0 Å². The number of hydrogen-bond acceptors (Lipinski definition) is 4. The molecule has 0 saturated heterocycles. The number of ketones is 1. The maximum atomic E-state index is 11.8. The zero-order valence-corrected chi connectivity index (χ0v) is 9.77. The van der Waals surface area contributed by atoms with Gasteiger partial charge in [0, 0.05) is 13.0 Å². The number of ether oxygens (including phenoxy) is 1. The van der Waals surface area contributed by atoms with Crippen LogP contribution in [-0.4, -0.2) is 55.7 Å². The zero-order valence-electron chi connectivity index (χ0n) is 9.77. The van der Waals surface area contributed by atoms with Crippen molar-refractivity contribution in [3.05, 3.63) is 0 Å². The normalized spacial score (nSPS) is 31.9. The minimum Gasteiger partial charge on any atom is -0.392 e. The fourth-order valence-electron chi connectivity index (χ4n) is 2.11. The summed E-state index contributed by atoms with van der Waals surface area (Å²) in [5, 5.41) is 9.77. The largest absolute Gasteiger partial charge is 0.392 e. The molecule has 0 aromatic carbocycles. The van der Waals surface area contributed by atoms with Crippen LogP contribution in [0.5, 0.6) is 0 Å². The van der Waals surface area contributed by atoms with Gasteiger partial charge in [0.05, 0.1) is 18.8 Å². The highest BCUT2D eigenvalue weighted by molar-refractivity contribution is 5.83. The van der Waals surface area contributed by atoms with E-state index in [4.69, 9.17) is 4.74 Å². The second kappa shape index (κ2) is 5.58. The molecule has 1 fully saturated rings. The van der Waals surface area contributed by atoms with Crippen molar-refractivity contribution in [2.24, 2.45) is 5.92 Å². The Hall–Kier alpha value is -0.450. The number of rotatable bonds is 4. The van der Waals surface area contributed by atoms with Crippen molar-refractivity contribution >= 4 is 5.78 Å². The molecule has 15 heavy (non-hydrogen) atoms. The van der Waals surface area contributed by atoms with E-state index in [0.717, 1.165) is 6.42 Å². The molecule has 0 heterocycles. The third-order valence-corrected chi connectivity index (χ3v) is 2.98. The summed E-state index contributed by atoms with van der Waals surface area (Å²) in [5.41, 5.74) is 0. The number of methoxy groups -OCH3 is 1. The molecule has 88 valence electrons. The number of aliphatic hydroxyl groups is 1. The van der Waals surface area contributed by atoms with Crippen LogP contribution in [-0.2, 0) is 9.53 Å². The van der Waals surface area contributed by atoms with Crippen LogP contribution in [0, 0.1) is 5.92 Å². The van der Waals surface area contributed by atoms with Crippen LogP contribution in [0.4, 0.5) is 0 Å². The van der Waals surface area contributed by atoms with Gasteiger partial charge in [0.25, 0.3) is 0 Å². The molecule has 1 aliphatic carbocycles. The first-order chi connectivity index (χ1) is 7.04. The summed E-state index contributed by atoms with van der Waals surface area (Å²) in [4.78, 5) is 13.7. The number of aliphatic hydroxyl groups excluding tert-OH is 1. The molecule has 1 N–H and O–H groups in total. The lowest BCUT2D eigenvalue weighted by atomic mass is 9.82. The molecule has 0 radical (unpaired) electrons. The molecule has 4 heteroatoms. The lowest BCUT2D eigenvalue weighted by molar-refractivity contribution is -0.131. The molecule has 3 atom stereocenters. The fraction of sp³-hybridized carbons (Fsp3) is 0.909. The summed E-state index contributed by atoms with van der Waals surface area (Å²) < 4.78 is 5.25. The maximum absolute atomic E-state index is 11.8. The van der Waals surface area contributed by atoms with Crippen LogP contribution >= 0.6 is 0 Å². The summed E-state index contributed by atoms with van der Waals surface area (Å²) in [6, 6.07) is 0. The summed E-state index contributed by atoms with van der Waals surface area (Å²) in [7, 11) is 5.39. The van der Waals surface area contributed by atoms with E-state index >= 15 is 0 Å². The van der Waals surface area contributed by atoms with Crippen molar-refractivity contribution in [3.63, 3.8) is 0 Å². The molecule has 1 rings (SSSR count). The molecule has 0 amide bonds. The van der Waals surface area contributed by atoms with Crippen molar-refractivity contribution in [2.45, 2.75) is 31.5 Å². The number of carbonyl (C=O) groups is 1. The van der Waals surface area contributed by atoms with Gasteiger partial charge in [-0.05, 0) is 33.4 Å². The van der Waals surface area contributed by atoms with Crippen LogP contribution in [0.15, 0.2) is 0 Å². The zero-order chi connectivity index (χ0) is 11.4. The minimum atomic E-state index is -0.483. The predicted molar refractivity (Wildman–Crippen MR) is 57.7 cm³/mol. The number of hydrogen-bond donors (Lipinski definition) is 1. The SMILES string of the molecule is CO[C@@H]1CC[C@H](O)[C@@H](C(=O)CN(C)C)C1. The molecule has 0 aliphatic heterocycles. The lowest BCUT2D eigenvalue weighted by Gasteiger charge is -2.32. The Morgan fingerprint density at radius 3 is 2.67 bits per heavy atom. The van der Waals surface area contributed by atoms with Crippen LogP contribution in [0.1, 0.15) is 19.3 Å². The van der Waals surface area contributed by atoms with Crippen molar-refractivity contribution in [1.29, 1.82) is 0 Å². The first-order valence-corrected chi connectivity index (χ1v) is 5.43. The van der Waals surface area contributed by atoms with E-state index in [2.05, 4.69) is 0 Å². The average molecular weight is 215 g/mol. The first kappa shape index (κ1) is 12.6. The molecular weight excluding hydrogens is 194 g/mol. The van der Waals surface area contributed by atoms with E-state index in [1.165, 1.54) is 0 Å². The highest BCUT2D eigenvalue weighted by atomic mass is 16.5. The van der Waals surface area contributed by atoms with Crippen molar-refractivity contribution in [3.8, 4) is 0 Å². The standard InChI is InChI=1S/C11H21NO3/c1-12(2)7-11(14)9-6-8(15-3)4-5-10(9)13/h8-10,13H,4-7H2,1-3H3/t8-,9+,10+/m1/s1. The van der Waals surface area contributed by atoms with Gasteiger partial charge >= 0.3 is 0 Å². The van der Waals surface area contributed by atoms with Gasteiger partial charge in [0.2, 0.25) is 0 Å². The molecule has 0 aromatic rings. The Morgan fingerprint density at radius 1 is 1.47 bits per heavy atom. The Bertz CT molecular complexity index is 218. The molecular formula is C11H21NO3. The van der Waals surface area contributed by atoms with Crippen LogP contribution in [0.3, 0.4) is 0 Å². The van der Waals surface area contributed by atoms with Gasteiger partial charge in [-0.2, -0.15) is 0 Å². The van der Waals surface area contributed by atoms with Crippen molar-refractivity contribution < 1.29 is 14.6 Å². The van der Waals surface area contributed by atoms with Gasteiger partial charge in [-0.1, -0.05) is 0 Å². The van der Waals surface area contributed by atoms with Gasteiger partial charge in [-0.25, -0.2) is 0 Å². The van der Waals surface area contributed by atoms with Crippen LogP contribution in [0.25, 0.3) is 0 Å². The monoisotopic (exact) mass is 215 g/mol. The fourth-order valence-corrected chi connectivity index (χ4v) is 2.11. The van der Waals surface area contributed by atoms with E-state index in [1.807, 2.05) is 19.0 Å². The molecule has 0 spiro atoms. The Labute approximate surface area is 91.2 Å². The number of carbonyl (C=O) groups excluding carboxylic acids is 1. The van der Waals surface area contributed by atoms with Crippen LogP contribution in [0.2, 0.25) is 0 Å². The van der Waals surface area contributed by atoms with E-state index in [1.54, 1.807) is 7.11 Å². The lowest BCUT2D eigenvalue weighted by Crippen LogP contribution is -2.40. The average Bonchev–Trinajstić information content (AvgIpc) is 2.17.